The molecule has 0 bridgehead atoms. The van der Waals surface area contributed by atoms with Gasteiger partial charge < -0.3 is 31.1 Å². The highest BCUT2D eigenvalue weighted by Crippen LogP contribution is 2.22. The molecule has 2 amide bonds. The van der Waals surface area contributed by atoms with Gasteiger partial charge in [0.25, 0.3) is 5.91 Å². The maximum absolute atomic E-state index is 13.1. The molecule has 0 radical (unpaired) electrons. The Morgan fingerprint density at radius 1 is 0.979 bits per heavy atom. The van der Waals surface area contributed by atoms with Gasteiger partial charge >= 0.3 is 24.3 Å². The van der Waals surface area contributed by atoms with Crippen LogP contribution in [0.2, 0.25) is 5.02 Å². The summed E-state index contributed by atoms with van der Waals surface area (Å²) in [6.07, 6.45) is -4.31. The average Bonchev–Trinajstić information content (AvgIpc) is 3.70. The zero-order valence-corrected chi connectivity index (χ0v) is 24.6. The Morgan fingerprint density at radius 2 is 1.60 bits per heavy atom. The van der Waals surface area contributed by atoms with Crippen molar-refractivity contribution in [2.45, 2.75) is 44.3 Å². The second-order valence-corrected chi connectivity index (χ2v) is 9.91. The number of carbonyl (C=O) groups excluding carboxylic acids is 3. The SMILES string of the molecule is NCc1ccc(Cl)cc1CNC(=O)[C@@H]1CCCN1C(=O)c1cc(C(=O)c2cccnc2)c[nH]1.O=C(O)C(F)(F)F.O=C(O)C(F)(F)F. The van der Waals surface area contributed by atoms with Crippen molar-refractivity contribution >= 4 is 41.1 Å². The number of halogens is 7. The molecule has 1 saturated heterocycles. The summed E-state index contributed by atoms with van der Waals surface area (Å²) in [5.74, 6) is -6.29. The van der Waals surface area contributed by atoms with Crippen LogP contribution < -0.4 is 11.1 Å². The van der Waals surface area contributed by atoms with E-state index in [1.165, 1.54) is 18.5 Å². The number of nitrogens with one attached hydrogen (secondary N) is 2. The van der Waals surface area contributed by atoms with Crippen LogP contribution in [0.3, 0.4) is 0 Å². The van der Waals surface area contributed by atoms with E-state index in [-0.39, 0.29) is 29.8 Å². The molecule has 0 unspecified atom stereocenters. The summed E-state index contributed by atoms with van der Waals surface area (Å²) >= 11 is 6.07. The lowest BCUT2D eigenvalue weighted by atomic mass is 10.1. The van der Waals surface area contributed by atoms with Gasteiger partial charge in [-0.3, -0.25) is 19.4 Å². The number of aromatic amines is 1. The summed E-state index contributed by atoms with van der Waals surface area (Å²) in [6.45, 7) is 1.08. The number of hydrogen-bond donors (Lipinski definition) is 5. The highest BCUT2D eigenvalue weighted by atomic mass is 35.5. The third kappa shape index (κ3) is 11.4. The van der Waals surface area contributed by atoms with Gasteiger partial charge in [0.15, 0.2) is 5.78 Å². The van der Waals surface area contributed by atoms with Crippen LogP contribution in [-0.4, -0.2) is 79.6 Å². The Labute approximate surface area is 266 Å². The largest absolute Gasteiger partial charge is 0.490 e. The molecule has 1 atom stereocenters. The number of H-pyrrole nitrogens is 1. The van der Waals surface area contributed by atoms with Gasteiger partial charge in [0, 0.05) is 54.4 Å². The minimum Gasteiger partial charge on any atom is -0.475 e. The number of nitrogens with zero attached hydrogens (tertiary/aromatic N) is 2. The fourth-order valence-corrected chi connectivity index (χ4v) is 4.20. The van der Waals surface area contributed by atoms with Crippen LogP contribution in [-0.2, 0) is 27.5 Å². The minimum absolute atomic E-state index is 0.230. The van der Waals surface area contributed by atoms with Gasteiger partial charge in [0.1, 0.15) is 11.7 Å². The Balaban J connectivity index is 0.000000459. The number of alkyl halides is 6. The number of nitrogens with two attached hydrogens (primary N) is 1. The molecule has 254 valence electrons. The van der Waals surface area contributed by atoms with E-state index < -0.39 is 30.3 Å². The maximum Gasteiger partial charge on any atom is 0.490 e. The molecule has 1 fully saturated rings. The number of ketones is 1. The Hall–Kier alpha value is -4.97. The van der Waals surface area contributed by atoms with E-state index in [2.05, 4.69) is 15.3 Å². The average molecular weight is 694 g/mol. The summed E-state index contributed by atoms with van der Waals surface area (Å²) in [6, 6.07) is 9.66. The monoisotopic (exact) mass is 693 g/mol. The summed E-state index contributed by atoms with van der Waals surface area (Å²) in [5, 5.41) is 17.7. The molecule has 1 aromatic carbocycles. The molecular formula is C28H26ClF6N5O7. The van der Waals surface area contributed by atoms with Crippen molar-refractivity contribution in [1.82, 2.24) is 20.2 Å². The molecule has 12 nitrogen and oxygen atoms in total. The highest BCUT2D eigenvalue weighted by Gasteiger charge is 2.39. The van der Waals surface area contributed by atoms with E-state index in [0.29, 0.717) is 35.7 Å². The fourth-order valence-electron chi connectivity index (χ4n) is 4.01. The first-order valence-electron chi connectivity index (χ1n) is 13.2. The van der Waals surface area contributed by atoms with Crippen molar-refractivity contribution in [3.05, 3.63) is 88.0 Å². The summed E-state index contributed by atoms with van der Waals surface area (Å²) < 4.78 is 63.5. The first kappa shape index (κ1) is 38.2. The van der Waals surface area contributed by atoms with Crippen LogP contribution in [0.4, 0.5) is 26.3 Å². The lowest BCUT2D eigenvalue weighted by Gasteiger charge is -2.23. The van der Waals surface area contributed by atoms with Gasteiger partial charge in [-0.15, -0.1) is 0 Å². The third-order valence-corrected chi connectivity index (χ3v) is 6.48. The second-order valence-electron chi connectivity index (χ2n) is 9.47. The summed E-state index contributed by atoms with van der Waals surface area (Å²) in [4.78, 5) is 64.8. The first-order chi connectivity index (χ1) is 21.9. The lowest BCUT2D eigenvalue weighted by Crippen LogP contribution is -2.45. The molecule has 4 rings (SSSR count). The zero-order chi connectivity index (χ0) is 35.5. The highest BCUT2D eigenvalue weighted by molar-refractivity contribution is 6.30. The fraction of sp³-hybridized carbons (Fsp3) is 0.286. The number of rotatable bonds is 7. The molecule has 2 aromatic heterocycles. The van der Waals surface area contributed by atoms with E-state index in [0.717, 1.165) is 17.5 Å². The summed E-state index contributed by atoms with van der Waals surface area (Å²) in [5.41, 5.74) is 8.59. The van der Waals surface area contributed by atoms with E-state index in [1.54, 1.807) is 35.4 Å². The van der Waals surface area contributed by atoms with Gasteiger partial charge in [0.05, 0.1) is 0 Å². The Bertz CT molecular complexity index is 1560. The van der Waals surface area contributed by atoms with Crippen molar-refractivity contribution in [2.75, 3.05) is 6.54 Å². The van der Waals surface area contributed by atoms with Gasteiger partial charge in [-0.2, -0.15) is 26.3 Å². The van der Waals surface area contributed by atoms with Crippen molar-refractivity contribution < 1.29 is 60.5 Å². The molecule has 3 aromatic rings. The van der Waals surface area contributed by atoms with Crippen LogP contribution in [0.25, 0.3) is 0 Å². The number of carboxylic acid groups (broad SMARTS) is 2. The minimum atomic E-state index is -5.08. The predicted molar refractivity (Wildman–Crippen MR) is 151 cm³/mol. The molecule has 0 spiro atoms. The molecular weight excluding hydrogens is 668 g/mol. The number of likely N-dealkylation sites (tertiary alicyclic amines) is 1. The van der Waals surface area contributed by atoms with Gasteiger partial charge in [-0.25, -0.2) is 9.59 Å². The van der Waals surface area contributed by atoms with Gasteiger partial charge in [0.2, 0.25) is 5.91 Å². The number of aromatic nitrogens is 2. The molecule has 6 N–H and O–H groups in total. The topological polar surface area (TPSA) is 196 Å². The molecule has 0 saturated carbocycles. The van der Waals surface area contributed by atoms with E-state index in [1.807, 2.05) is 6.07 Å². The normalized spacial score (nSPS) is 14.2. The van der Waals surface area contributed by atoms with Crippen molar-refractivity contribution in [3.8, 4) is 0 Å². The number of aliphatic carboxylic acids is 2. The second kappa shape index (κ2) is 16.5. The Morgan fingerprint density at radius 3 is 2.13 bits per heavy atom. The van der Waals surface area contributed by atoms with Gasteiger partial charge in [-0.05, 0) is 54.3 Å². The lowest BCUT2D eigenvalue weighted by molar-refractivity contribution is -0.193. The van der Waals surface area contributed by atoms with E-state index >= 15 is 0 Å². The number of carbonyl (C=O) groups is 5. The van der Waals surface area contributed by atoms with E-state index in [4.69, 9.17) is 37.1 Å². The summed E-state index contributed by atoms with van der Waals surface area (Å²) in [7, 11) is 0. The smallest absolute Gasteiger partial charge is 0.475 e. The molecule has 1 aliphatic heterocycles. The number of pyridine rings is 1. The van der Waals surface area contributed by atoms with Crippen LogP contribution in [0.5, 0.6) is 0 Å². The Kier molecular flexibility index (Phi) is 13.5. The molecule has 3 heterocycles. The predicted octanol–water partition coefficient (Wildman–Crippen LogP) is 3.94. The standard InChI is InChI=1S/C24H24ClN5O3.2C2HF3O2/c25-19-6-5-15(11-26)17(9-19)13-29-23(32)21-4-2-8-30(21)24(33)20-10-18(14-28-20)22(31)16-3-1-7-27-12-16;2*3-2(4,5)1(6)7/h1,3,5-7,9-10,12,14,21,28H,2,4,8,11,13,26H2,(H,29,32);2*(H,6,7)/t21-;;/m0../s1. The van der Waals surface area contributed by atoms with Crippen LogP contribution in [0.15, 0.2) is 55.0 Å². The molecule has 1 aliphatic rings. The number of amides is 2. The molecule has 47 heavy (non-hydrogen) atoms. The number of hydrogen-bond acceptors (Lipinski definition) is 7. The van der Waals surface area contributed by atoms with Crippen LogP contribution >= 0.6 is 11.6 Å². The van der Waals surface area contributed by atoms with Gasteiger partial charge in [-0.1, -0.05) is 17.7 Å². The zero-order valence-electron chi connectivity index (χ0n) is 23.9. The number of carboxylic acids is 2. The third-order valence-electron chi connectivity index (χ3n) is 6.24. The molecule has 0 aliphatic carbocycles. The van der Waals surface area contributed by atoms with E-state index in [9.17, 15) is 40.7 Å². The van der Waals surface area contributed by atoms with Crippen molar-refractivity contribution in [1.29, 1.82) is 0 Å². The van der Waals surface area contributed by atoms with Crippen LogP contribution in [0.1, 0.15) is 50.4 Å². The quantitative estimate of drug-likeness (QED) is 0.180. The van der Waals surface area contributed by atoms with Crippen molar-refractivity contribution in [2.24, 2.45) is 5.73 Å². The first-order valence-corrected chi connectivity index (χ1v) is 13.5. The van der Waals surface area contributed by atoms with Crippen molar-refractivity contribution in [3.63, 3.8) is 0 Å². The molecule has 19 heteroatoms. The van der Waals surface area contributed by atoms with Crippen LogP contribution in [0, 0.1) is 0 Å². The number of benzene rings is 1. The maximum atomic E-state index is 13.1.